The molecule has 2 atom stereocenters. The second-order valence-corrected chi connectivity index (χ2v) is 14.2. The summed E-state index contributed by atoms with van der Waals surface area (Å²) in [5, 5.41) is 2.91. The molecule has 0 aromatic heterocycles. The Morgan fingerprint density at radius 3 is 2.17 bits per heavy atom. The Morgan fingerprint density at radius 2 is 1.57 bits per heavy atom. The van der Waals surface area contributed by atoms with Gasteiger partial charge in [0.1, 0.15) is 4.75 Å². The van der Waals surface area contributed by atoms with Crippen LogP contribution >= 0.6 is 22.6 Å². The Balaban J connectivity index is 1.63. The predicted octanol–water partition coefficient (Wildman–Crippen LogP) is 6.16. The molecular formula is C27H26F7IN2O4S. The summed E-state index contributed by atoms with van der Waals surface area (Å²) in [6, 6.07) is 5.86. The van der Waals surface area contributed by atoms with Crippen molar-refractivity contribution in [2.45, 2.75) is 71.9 Å². The van der Waals surface area contributed by atoms with Crippen LogP contribution in [-0.2, 0) is 31.4 Å². The summed E-state index contributed by atoms with van der Waals surface area (Å²) in [4.78, 5) is 14.7. The van der Waals surface area contributed by atoms with E-state index in [1.807, 2.05) is 22.6 Å². The van der Waals surface area contributed by atoms with Gasteiger partial charge in [0, 0.05) is 34.9 Å². The molecule has 3 aliphatic rings. The lowest BCUT2D eigenvalue weighted by Gasteiger charge is -2.43. The van der Waals surface area contributed by atoms with Gasteiger partial charge in [0.2, 0.25) is 0 Å². The van der Waals surface area contributed by atoms with Gasteiger partial charge in [-0.25, -0.2) is 17.6 Å². The summed E-state index contributed by atoms with van der Waals surface area (Å²) in [6.07, 6.45) is -11.9. The van der Waals surface area contributed by atoms with E-state index in [4.69, 9.17) is 4.74 Å². The molecular weight excluding hydrogens is 708 g/mol. The van der Waals surface area contributed by atoms with Gasteiger partial charge in [-0.15, -0.1) is 0 Å². The Hall–Kier alpha value is -2.14. The second kappa shape index (κ2) is 10.8. The van der Waals surface area contributed by atoms with E-state index in [-0.39, 0.29) is 47.9 Å². The van der Waals surface area contributed by atoms with Crippen LogP contribution in [0.15, 0.2) is 47.4 Å². The highest BCUT2D eigenvalue weighted by Crippen LogP contribution is 2.56. The van der Waals surface area contributed by atoms with Crippen LogP contribution in [0.4, 0.5) is 35.5 Å². The number of urea groups is 1. The number of nitrogens with one attached hydrogen (secondary N) is 1. The third-order valence-electron chi connectivity index (χ3n) is 8.48. The minimum absolute atomic E-state index is 0.0251. The Morgan fingerprint density at radius 1 is 0.952 bits per heavy atom. The second-order valence-electron chi connectivity index (χ2n) is 10.7. The fourth-order valence-electron chi connectivity index (χ4n) is 6.40. The molecule has 2 fully saturated rings. The minimum atomic E-state index is -6.31. The lowest BCUT2D eigenvalue weighted by Crippen LogP contribution is -2.55. The fourth-order valence-corrected chi connectivity index (χ4v) is 9.12. The van der Waals surface area contributed by atoms with E-state index < -0.39 is 50.2 Å². The molecule has 5 rings (SSSR count). The Bertz CT molecular complexity index is 1450. The number of sulfone groups is 1. The molecule has 2 aliphatic heterocycles. The van der Waals surface area contributed by atoms with E-state index >= 15 is 0 Å². The number of rotatable bonds is 4. The Labute approximate surface area is 251 Å². The maximum Gasteiger partial charge on any atom is 0.435 e. The van der Waals surface area contributed by atoms with E-state index in [9.17, 15) is 43.9 Å². The summed E-state index contributed by atoms with van der Waals surface area (Å²) in [6.45, 7) is 0.866. The number of likely N-dealkylation sites (tertiary alicyclic amines) is 1. The zero-order valence-electron chi connectivity index (χ0n) is 21.9. The normalized spacial score (nSPS) is 23.8. The number of aryl methyl sites for hydroxylation is 1. The molecule has 15 heteroatoms. The smallest absolute Gasteiger partial charge is 0.381 e. The van der Waals surface area contributed by atoms with Crippen LogP contribution in [0.2, 0.25) is 0 Å². The molecule has 0 radical (unpaired) electrons. The van der Waals surface area contributed by atoms with Crippen LogP contribution in [0, 0.1) is 3.57 Å². The molecule has 2 saturated heterocycles. The first kappa shape index (κ1) is 31.3. The predicted molar refractivity (Wildman–Crippen MR) is 145 cm³/mol. The van der Waals surface area contributed by atoms with Crippen LogP contribution in [0.3, 0.4) is 0 Å². The number of hydrogen-bond acceptors (Lipinski definition) is 4. The number of halogens is 8. The van der Waals surface area contributed by atoms with Gasteiger partial charge in [-0.05, 0) is 90.1 Å². The third-order valence-corrected chi connectivity index (χ3v) is 11.7. The van der Waals surface area contributed by atoms with Crippen molar-refractivity contribution in [1.29, 1.82) is 0 Å². The number of carbonyl (C=O) groups excluding carboxylic acids is 1. The van der Waals surface area contributed by atoms with Gasteiger partial charge in [0.25, 0.3) is 0 Å². The van der Waals surface area contributed by atoms with Gasteiger partial charge in [-0.1, -0.05) is 18.2 Å². The summed E-state index contributed by atoms with van der Waals surface area (Å²) in [5.41, 5.74) is -7.50. The SMILES string of the molecule is O=C(NC1CCOCC1)N1CC[C@@]2(S(=O)(=O)c3ccc(I)cc3)c3ccc(C(F)(C(F)(F)F)C(F)(F)F)cc3CC[C@@H]12. The standard InChI is InChI=1S/C27H26F7IN2O4S/c28-25(26(29,30)31,27(32,33)34)17-2-7-21-16(15-17)1-8-22-24(21,42(39,40)20-5-3-18(35)4-6-20)11-12-37(22)23(38)36-19-9-13-41-14-10-19/h2-7,15,19,22H,1,8-14H2,(H,36,38)/t22-,24-/m1/s1. The largest absolute Gasteiger partial charge is 0.435 e. The Kier molecular flexibility index (Phi) is 8.04. The molecule has 1 aliphatic carbocycles. The number of alkyl halides is 7. The van der Waals surface area contributed by atoms with Crippen molar-refractivity contribution in [2.24, 2.45) is 0 Å². The maximum absolute atomic E-state index is 15.0. The highest BCUT2D eigenvalue weighted by molar-refractivity contribution is 14.1. The molecule has 42 heavy (non-hydrogen) atoms. The molecule has 2 aromatic rings. The first-order chi connectivity index (χ1) is 19.5. The van der Waals surface area contributed by atoms with Gasteiger partial charge in [-0.3, -0.25) is 0 Å². The zero-order valence-corrected chi connectivity index (χ0v) is 24.8. The van der Waals surface area contributed by atoms with E-state index in [1.54, 1.807) is 12.1 Å². The van der Waals surface area contributed by atoms with Gasteiger partial charge >= 0.3 is 24.1 Å². The van der Waals surface area contributed by atoms with E-state index in [0.29, 0.717) is 38.2 Å². The molecule has 6 nitrogen and oxygen atoms in total. The van der Waals surface area contributed by atoms with Gasteiger partial charge < -0.3 is 15.0 Å². The van der Waals surface area contributed by atoms with E-state index in [2.05, 4.69) is 5.32 Å². The zero-order chi connectivity index (χ0) is 30.7. The highest BCUT2D eigenvalue weighted by Gasteiger charge is 2.73. The lowest BCUT2D eigenvalue weighted by molar-refractivity contribution is -0.348. The van der Waals surface area contributed by atoms with Crippen molar-refractivity contribution in [3.05, 3.63) is 62.7 Å². The maximum atomic E-state index is 15.0. The van der Waals surface area contributed by atoms with Crippen LogP contribution in [0.1, 0.15) is 42.4 Å². The topological polar surface area (TPSA) is 75.7 Å². The fraction of sp³-hybridized carbons (Fsp3) is 0.519. The lowest BCUT2D eigenvalue weighted by atomic mass is 9.77. The van der Waals surface area contributed by atoms with E-state index in [1.165, 1.54) is 17.0 Å². The number of fused-ring (bicyclic) bond motifs is 3. The van der Waals surface area contributed by atoms with Gasteiger partial charge in [-0.2, -0.15) is 26.3 Å². The average molecular weight is 734 g/mol. The van der Waals surface area contributed by atoms with Crippen LogP contribution in [0.25, 0.3) is 0 Å². The molecule has 0 saturated carbocycles. The molecule has 2 heterocycles. The molecule has 0 unspecified atom stereocenters. The van der Waals surface area contributed by atoms with Crippen molar-refractivity contribution >= 4 is 38.5 Å². The molecule has 2 aromatic carbocycles. The summed E-state index contributed by atoms with van der Waals surface area (Å²) in [5.74, 6) is 0. The summed E-state index contributed by atoms with van der Waals surface area (Å²) < 4.78 is 129. The minimum Gasteiger partial charge on any atom is -0.381 e. The van der Waals surface area contributed by atoms with Crippen LogP contribution in [0.5, 0.6) is 0 Å². The summed E-state index contributed by atoms with van der Waals surface area (Å²) >= 11 is 1.99. The number of hydrogen-bond donors (Lipinski definition) is 1. The monoisotopic (exact) mass is 734 g/mol. The quantitative estimate of drug-likeness (QED) is 0.302. The number of carbonyl (C=O) groups is 1. The number of amides is 2. The van der Waals surface area contributed by atoms with Crippen molar-refractivity contribution in [1.82, 2.24) is 10.2 Å². The number of nitrogens with zero attached hydrogens (tertiary/aromatic N) is 1. The number of benzene rings is 2. The average Bonchev–Trinajstić information content (AvgIpc) is 3.34. The van der Waals surface area contributed by atoms with Gasteiger partial charge in [0.15, 0.2) is 9.84 Å². The molecule has 1 N–H and O–H groups in total. The van der Waals surface area contributed by atoms with Crippen LogP contribution in [-0.4, -0.2) is 63.5 Å². The van der Waals surface area contributed by atoms with Crippen LogP contribution < -0.4 is 5.32 Å². The highest BCUT2D eigenvalue weighted by atomic mass is 127. The van der Waals surface area contributed by atoms with Crippen molar-refractivity contribution in [2.75, 3.05) is 19.8 Å². The van der Waals surface area contributed by atoms with Crippen molar-refractivity contribution < 1.29 is 48.7 Å². The molecule has 230 valence electrons. The molecule has 2 amide bonds. The first-order valence-corrected chi connectivity index (χ1v) is 15.7. The van der Waals surface area contributed by atoms with Gasteiger partial charge in [0.05, 0.1) is 10.9 Å². The first-order valence-electron chi connectivity index (χ1n) is 13.2. The van der Waals surface area contributed by atoms with Crippen molar-refractivity contribution in [3.8, 4) is 0 Å². The number of ether oxygens (including phenoxy) is 1. The summed E-state index contributed by atoms with van der Waals surface area (Å²) in [7, 11) is -4.38. The molecule has 0 spiro atoms. The van der Waals surface area contributed by atoms with E-state index in [0.717, 1.165) is 9.64 Å². The molecule has 0 bridgehead atoms. The van der Waals surface area contributed by atoms with Crippen molar-refractivity contribution in [3.63, 3.8) is 0 Å². The third kappa shape index (κ3) is 4.86.